The molecule has 0 unspecified atom stereocenters. The molecular formula is C14H24ClN. The summed E-state index contributed by atoms with van der Waals surface area (Å²) in [6, 6.07) is 4.40. The molecule has 16 heavy (non-hydrogen) atoms. The van der Waals surface area contributed by atoms with E-state index in [1.54, 1.807) is 0 Å². The highest BCUT2D eigenvalue weighted by atomic mass is 35.5. The summed E-state index contributed by atoms with van der Waals surface area (Å²) in [5.41, 5.74) is 2.98. The molecule has 0 saturated heterocycles. The predicted molar refractivity (Wildman–Crippen MR) is 64.9 cm³/mol. The van der Waals surface area contributed by atoms with Crippen LogP contribution in [0, 0.1) is 6.92 Å². The van der Waals surface area contributed by atoms with Crippen LogP contribution < -0.4 is 17.0 Å². The third kappa shape index (κ3) is 4.52. The molecule has 1 heterocycles. The molecule has 0 fully saturated rings. The van der Waals surface area contributed by atoms with E-state index >= 15 is 0 Å². The number of nitrogens with zero attached hydrogens (tertiary/aromatic N) is 1. The van der Waals surface area contributed by atoms with E-state index in [1.165, 1.54) is 49.9 Å². The van der Waals surface area contributed by atoms with Gasteiger partial charge in [-0.2, -0.15) is 0 Å². The molecule has 0 saturated carbocycles. The number of rotatable bonds is 6. The van der Waals surface area contributed by atoms with Crippen LogP contribution in [0.1, 0.15) is 50.8 Å². The minimum Gasteiger partial charge on any atom is -1.00 e. The Balaban J connectivity index is 0.00000225. The average Bonchev–Trinajstić information content (AvgIpc) is 2.25. The van der Waals surface area contributed by atoms with Crippen molar-refractivity contribution in [1.82, 2.24) is 0 Å². The van der Waals surface area contributed by atoms with Crippen molar-refractivity contribution in [3.05, 3.63) is 29.6 Å². The second-order valence-electron chi connectivity index (χ2n) is 4.29. The van der Waals surface area contributed by atoms with E-state index in [1.807, 2.05) is 0 Å². The Hall–Kier alpha value is -0.560. The molecule has 0 atom stereocenters. The van der Waals surface area contributed by atoms with Crippen LogP contribution in [0.4, 0.5) is 0 Å². The highest BCUT2D eigenvalue weighted by Gasteiger charge is 2.11. The number of aromatic nitrogens is 1. The SMILES string of the molecule is CCCCc1c(C)ccc[n+]1CCCC.[Cl-]. The second kappa shape index (κ2) is 8.58. The van der Waals surface area contributed by atoms with E-state index in [0.29, 0.717) is 0 Å². The Morgan fingerprint density at radius 1 is 1.12 bits per heavy atom. The third-order valence-corrected chi connectivity index (χ3v) is 2.93. The number of halogens is 1. The van der Waals surface area contributed by atoms with Crippen molar-refractivity contribution in [1.29, 1.82) is 0 Å². The summed E-state index contributed by atoms with van der Waals surface area (Å²) in [5.74, 6) is 0. The fourth-order valence-electron chi connectivity index (χ4n) is 1.93. The van der Waals surface area contributed by atoms with Gasteiger partial charge in [-0.15, -0.1) is 0 Å². The minimum atomic E-state index is 0. The largest absolute Gasteiger partial charge is 1.00 e. The zero-order valence-electron chi connectivity index (χ0n) is 10.8. The lowest BCUT2D eigenvalue weighted by molar-refractivity contribution is -0.704. The first-order chi connectivity index (χ1) is 7.29. The lowest BCUT2D eigenvalue weighted by Crippen LogP contribution is -3.00. The zero-order chi connectivity index (χ0) is 11.1. The molecule has 0 N–H and O–H groups in total. The fourth-order valence-corrected chi connectivity index (χ4v) is 1.93. The molecule has 2 heteroatoms. The van der Waals surface area contributed by atoms with E-state index in [4.69, 9.17) is 0 Å². The van der Waals surface area contributed by atoms with Crippen LogP contribution >= 0.6 is 0 Å². The molecule has 0 aliphatic rings. The van der Waals surface area contributed by atoms with E-state index in [0.717, 1.165) is 0 Å². The van der Waals surface area contributed by atoms with Crippen molar-refractivity contribution in [2.24, 2.45) is 0 Å². The van der Waals surface area contributed by atoms with E-state index < -0.39 is 0 Å². The van der Waals surface area contributed by atoms with Crippen molar-refractivity contribution in [2.45, 2.75) is 59.4 Å². The second-order valence-corrected chi connectivity index (χ2v) is 4.29. The molecule has 92 valence electrons. The van der Waals surface area contributed by atoms with Crippen LogP contribution in [0.3, 0.4) is 0 Å². The molecule has 0 aliphatic heterocycles. The lowest BCUT2D eigenvalue weighted by Gasteiger charge is -2.05. The fraction of sp³-hybridized carbons (Fsp3) is 0.643. The Labute approximate surface area is 106 Å². The highest BCUT2D eigenvalue weighted by Crippen LogP contribution is 2.06. The summed E-state index contributed by atoms with van der Waals surface area (Å²) in [6.45, 7) is 7.92. The molecule has 0 bridgehead atoms. The molecule has 1 aromatic rings. The lowest BCUT2D eigenvalue weighted by atomic mass is 10.1. The monoisotopic (exact) mass is 241 g/mol. The summed E-state index contributed by atoms with van der Waals surface area (Å²) < 4.78 is 2.44. The summed E-state index contributed by atoms with van der Waals surface area (Å²) in [5, 5.41) is 0. The van der Waals surface area contributed by atoms with Gasteiger partial charge in [0.05, 0.1) is 0 Å². The summed E-state index contributed by atoms with van der Waals surface area (Å²) in [4.78, 5) is 0. The highest BCUT2D eigenvalue weighted by molar-refractivity contribution is 5.13. The zero-order valence-corrected chi connectivity index (χ0v) is 11.6. The minimum absolute atomic E-state index is 0. The normalized spacial score (nSPS) is 9.94. The van der Waals surface area contributed by atoms with Crippen LogP contribution in [0.2, 0.25) is 0 Å². The van der Waals surface area contributed by atoms with Gasteiger partial charge in [0.2, 0.25) is 0 Å². The van der Waals surface area contributed by atoms with Gasteiger partial charge in [-0.3, -0.25) is 0 Å². The van der Waals surface area contributed by atoms with Crippen LogP contribution in [-0.4, -0.2) is 0 Å². The van der Waals surface area contributed by atoms with E-state index in [-0.39, 0.29) is 12.4 Å². The van der Waals surface area contributed by atoms with E-state index in [9.17, 15) is 0 Å². The first-order valence-corrected chi connectivity index (χ1v) is 6.27. The topological polar surface area (TPSA) is 3.88 Å². The summed E-state index contributed by atoms with van der Waals surface area (Å²) >= 11 is 0. The average molecular weight is 242 g/mol. The molecular weight excluding hydrogens is 218 g/mol. The van der Waals surface area contributed by atoms with Crippen molar-refractivity contribution in [3.63, 3.8) is 0 Å². The Kier molecular flexibility index (Phi) is 8.28. The van der Waals surface area contributed by atoms with Gasteiger partial charge in [0, 0.05) is 24.5 Å². The molecule has 0 aliphatic carbocycles. The number of pyridine rings is 1. The molecule has 1 nitrogen and oxygen atoms in total. The van der Waals surface area contributed by atoms with Gasteiger partial charge in [0.25, 0.3) is 0 Å². The van der Waals surface area contributed by atoms with Gasteiger partial charge in [-0.25, -0.2) is 4.57 Å². The van der Waals surface area contributed by atoms with Gasteiger partial charge < -0.3 is 12.4 Å². The van der Waals surface area contributed by atoms with Gasteiger partial charge >= 0.3 is 0 Å². The molecule has 0 aromatic carbocycles. The first-order valence-electron chi connectivity index (χ1n) is 6.27. The maximum Gasteiger partial charge on any atom is 0.184 e. The van der Waals surface area contributed by atoms with Crippen molar-refractivity contribution >= 4 is 0 Å². The maximum atomic E-state index is 2.44. The Morgan fingerprint density at radius 2 is 1.81 bits per heavy atom. The first kappa shape index (κ1) is 15.4. The van der Waals surface area contributed by atoms with Crippen molar-refractivity contribution < 1.29 is 17.0 Å². The summed E-state index contributed by atoms with van der Waals surface area (Å²) in [7, 11) is 0. The van der Waals surface area contributed by atoms with Crippen LogP contribution in [0.25, 0.3) is 0 Å². The van der Waals surface area contributed by atoms with Crippen molar-refractivity contribution in [2.75, 3.05) is 0 Å². The number of aryl methyl sites for hydroxylation is 2. The third-order valence-electron chi connectivity index (χ3n) is 2.93. The van der Waals surface area contributed by atoms with Gasteiger partial charge in [-0.1, -0.05) is 26.7 Å². The molecule has 1 aromatic heterocycles. The van der Waals surface area contributed by atoms with Gasteiger partial charge in [-0.05, 0) is 19.4 Å². The smallest absolute Gasteiger partial charge is 0.184 e. The summed E-state index contributed by atoms with van der Waals surface area (Å²) in [6.07, 6.45) is 8.60. The number of hydrogen-bond donors (Lipinski definition) is 0. The van der Waals surface area contributed by atoms with E-state index in [2.05, 4.69) is 43.7 Å². The predicted octanol–water partition coefficient (Wildman–Crippen LogP) is 0.429. The van der Waals surface area contributed by atoms with Crippen molar-refractivity contribution in [3.8, 4) is 0 Å². The van der Waals surface area contributed by atoms with Crippen LogP contribution in [0.15, 0.2) is 18.3 Å². The Bertz CT molecular complexity index is 297. The van der Waals surface area contributed by atoms with Crippen LogP contribution in [0.5, 0.6) is 0 Å². The van der Waals surface area contributed by atoms with Gasteiger partial charge in [0.1, 0.15) is 6.54 Å². The standard InChI is InChI=1S/C14H24N.ClH/c1-4-6-10-14-13(3)9-8-12-15(14)11-7-5-2;/h8-9,12H,4-7,10-11H2,1-3H3;1H/q+1;/p-1. The Morgan fingerprint density at radius 3 is 2.44 bits per heavy atom. The number of hydrogen-bond acceptors (Lipinski definition) is 0. The molecule has 0 amide bonds. The molecule has 1 rings (SSSR count). The number of unbranched alkanes of at least 4 members (excludes halogenated alkanes) is 2. The van der Waals surface area contributed by atoms with Gasteiger partial charge in [0.15, 0.2) is 11.9 Å². The quantitative estimate of drug-likeness (QED) is 0.636. The van der Waals surface area contributed by atoms with Crippen LogP contribution in [-0.2, 0) is 13.0 Å². The molecule has 0 spiro atoms. The molecule has 0 radical (unpaired) electrons. The maximum absolute atomic E-state index is 2.44.